The minimum atomic E-state index is -0.301. The number of rotatable bonds is 4. The first-order valence-electron chi connectivity index (χ1n) is 9.61. The van der Waals surface area contributed by atoms with Gasteiger partial charge < -0.3 is 15.0 Å². The molecule has 1 atom stereocenters. The van der Waals surface area contributed by atoms with E-state index in [0.29, 0.717) is 39.3 Å². The van der Waals surface area contributed by atoms with Crippen molar-refractivity contribution in [2.24, 2.45) is 5.92 Å². The molecule has 1 aromatic heterocycles. The van der Waals surface area contributed by atoms with Gasteiger partial charge in [-0.1, -0.05) is 12.1 Å². The third-order valence-electron chi connectivity index (χ3n) is 5.32. The predicted molar refractivity (Wildman–Crippen MR) is 105 cm³/mol. The van der Waals surface area contributed by atoms with Crippen LogP contribution in [0.3, 0.4) is 0 Å². The Bertz CT molecular complexity index is 876. The van der Waals surface area contributed by atoms with E-state index in [-0.39, 0.29) is 23.5 Å². The number of carbonyl (C=O) groups is 2. The van der Waals surface area contributed by atoms with Gasteiger partial charge in [0, 0.05) is 30.4 Å². The molecular weight excluding hydrogens is 379 g/mol. The van der Waals surface area contributed by atoms with Crippen LogP contribution in [0.5, 0.6) is 0 Å². The summed E-state index contributed by atoms with van der Waals surface area (Å²) in [5.41, 5.74) is 1.86. The Hall–Kier alpha value is -2.25. The van der Waals surface area contributed by atoms with Gasteiger partial charge in [0.05, 0.1) is 18.1 Å². The second kappa shape index (κ2) is 8.41. The topological polar surface area (TPSA) is 58.6 Å². The number of thiophene rings is 1. The van der Waals surface area contributed by atoms with Crippen molar-refractivity contribution in [2.45, 2.75) is 25.8 Å². The number of nitrogens with one attached hydrogen (secondary N) is 1. The maximum Gasteiger partial charge on any atom is 0.264 e. The van der Waals surface area contributed by atoms with Crippen molar-refractivity contribution in [1.29, 1.82) is 0 Å². The van der Waals surface area contributed by atoms with Crippen LogP contribution in [0.2, 0.25) is 0 Å². The third-order valence-corrected chi connectivity index (χ3v) is 6.54. The Morgan fingerprint density at radius 1 is 1.25 bits per heavy atom. The Balaban J connectivity index is 1.37. The molecule has 2 aromatic rings. The molecule has 2 aliphatic rings. The van der Waals surface area contributed by atoms with E-state index in [0.717, 1.165) is 28.8 Å². The molecule has 1 aromatic carbocycles. The Morgan fingerprint density at radius 2 is 2.07 bits per heavy atom. The first-order chi connectivity index (χ1) is 13.6. The fourth-order valence-electron chi connectivity index (χ4n) is 3.76. The molecule has 7 heteroatoms. The monoisotopic (exact) mass is 402 g/mol. The Labute approximate surface area is 167 Å². The van der Waals surface area contributed by atoms with Gasteiger partial charge in [-0.3, -0.25) is 9.59 Å². The maximum absolute atomic E-state index is 13.3. The fourth-order valence-corrected chi connectivity index (χ4v) is 4.93. The number of amides is 2. The largest absolute Gasteiger partial charge is 0.378 e. The smallest absolute Gasteiger partial charge is 0.264 e. The van der Waals surface area contributed by atoms with E-state index < -0.39 is 0 Å². The summed E-state index contributed by atoms with van der Waals surface area (Å²) in [6.07, 6.45) is 2.24. The maximum atomic E-state index is 13.3. The van der Waals surface area contributed by atoms with Crippen molar-refractivity contribution in [3.8, 4) is 0 Å². The van der Waals surface area contributed by atoms with E-state index in [9.17, 15) is 14.0 Å². The summed E-state index contributed by atoms with van der Waals surface area (Å²) in [6, 6.07) is 8.22. The van der Waals surface area contributed by atoms with Crippen LogP contribution in [-0.4, -0.2) is 43.0 Å². The van der Waals surface area contributed by atoms with Crippen LogP contribution >= 0.6 is 11.3 Å². The average molecular weight is 402 g/mol. The van der Waals surface area contributed by atoms with Gasteiger partial charge >= 0.3 is 0 Å². The summed E-state index contributed by atoms with van der Waals surface area (Å²) in [5, 5.41) is 2.92. The molecule has 0 saturated carbocycles. The van der Waals surface area contributed by atoms with Crippen LogP contribution < -0.4 is 5.32 Å². The molecule has 28 heavy (non-hydrogen) atoms. The molecule has 1 fully saturated rings. The third kappa shape index (κ3) is 4.25. The van der Waals surface area contributed by atoms with Gasteiger partial charge in [-0.25, -0.2) is 4.39 Å². The van der Waals surface area contributed by atoms with Crippen molar-refractivity contribution < 1.29 is 18.7 Å². The summed E-state index contributed by atoms with van der Waals surface area (Å²) >= 11 is 1.56. The predicted octanol–water partition coefficient (Wildman–Crippen LogP) is 2.78. The van der Waals surface area contributed by atoms with Gasteiger partial charge in [0.1, 0.15) is 5.82 Å². The number of morpholine rings is 1. The van der Waals surface area contributed by atoms with Crippen LogP contribution in [0.1, 0.15) is 32.1 Å². The van der Waals surface area contributed by atoms with E-state index in [1.165, 1.54) is 17.0 Å². The number of halogens is 1. The number of nitrogens with zero attached hydrogens (tertiary/aromatic N) is 1. The molecular formula is C21H23FN2O3S. The lowest BCUT2D eigenvalue weighted by molar-refractivity contribution is -0.125. The number of benzene rings is 1. The second-order valence-electron chi connectivity index (χ2n) is 7.25. The van der Waals surface area contributed by atoms with Gasteiger partial charge in [-0.05, 0) is 48.6 Å². The highest BCUT2D eigenvalue weighted by Crippen LogP contribution is 2.33. The van der Waals surface area contributed by atoms with E-state index in [2.05, 4.69) is 5.32 Å². The Morgan fingerprint density at radius 3 is 2.86 bits per heavy atom. The zero-order chi connectivity index (χ0) is 19.5. The van der Waals surface area contributed by atoms with Gasteiger partial charge in [0.25, 0.3) is 5.91 Å². The fraction of sp³-hybridized carbons (Fsp3) is 0.429. The van der Waals surface area contributed by atoms with Gasteiger partial charge in [-0.2, -0.15) is 0 Å². The normalized spacial score (nSPS) is 19.2. The molecule has 1 aliphatic carbocycles. The molecule has 4 rings (SSSR count). The van der Waals surface area contributed by atoms with E-state index in [4.69, 9.17) is 4.74 Å². The molecule has 2 heterocycles. The zero-order valence-electron chi connectivity index (χ0n) is 15.6. The summed E-state index contributed by atoms with van der Waals surface area (Å²) in [4.78, 5) is 29.1. The molecule has 148 valence electrons. The van der Waals surface area contributed by atoms with E-state index >= 15 is 0 Å². The zero-order valence-corrected chi connectivity index (χ0v) is 16.4. The number of aryl methyl sites for hydroxylation is 1. The SMILES string of the molecule is O=C(NCc1cccc(F)c1)[C@@H]1CCc2sc(C(=O)N3CCOCC3)cc2C1. The van der Waals surface area contributed by atoms with Crippen molar-refractivity contribution in [1.82, 2.24) is 10.2 Å². The molecule has 1 saturated heterocycles. The molecule has 0 unspecified atom stereocenters. The molecule has 0 spiro atoms. The van der Waals surface area contributed by atoms with Crippen LogP contribution in [0, 0.1) is 11.7 Å². The van der Waals surface area contributed by atoms with Gasteiger partial charge in [0.2, 0.25) is 5.91 Å². The number of fused-ring (bicyclic) bond motifs is 1. The molecule has 2 amide bonds. The van der Waals surface area contributed by atoms with Crippen LogP contribution in [0.4, 0.5) is 4.39 Å². The second-order valence-corrected chi connectivity index (χ2v) is 8.39. The first-order valence-corrected chi connectivity index (χ1v) is 10.4. The molecule has 1 N–H and O–H groups in total. The van der Waals surface area contributed by atoms with Gasteiger partial charge in [0.15, 0.2) is 0 Å². The average Bonchev–Trinajstić information content (AvgIpc) is 3.15. The minimum absolute atomic E-state index is 0.0119. The summed E-state index contributed by atoms with van der Waals surface area (Å²) < 4.78 is 18.6. The van der Waals surface area contributed by atoms with Gasteiger partial charge in [-0.15, -0.1) is 11.3 Å². The molecule has 5 nitrogen and oxygen atoms in total. The van der Waals surface area contributed by atoms with E-state index in [1.807, 2.05) is 11.0 Å². The summed E-state index contributed by atoms with van der Waals surface area (Å²) in [5.74, 6) is -0.358. The lowest BCUT2D eigenvalue weighted by atomic mass is 9.87. The van der Waals surface area contributed by atoms with E-state index in [1.54, 1.807) is 23.5 Å². The first kappa shape index (κ1) is 19.1. The lowest BCUT2D eigenvalue weighted by Gasteiger charge is -2.26. The standard InChI is InChI=1S/C21H23FN2O3S/c22-17-3-1-2-14(10-17)13-23-20(25)15-4-5-18-16(11-15)12-19(28-18)21(26)24-6-8-27-9-7-24/h1-3,10,12,15H,4-9,11,13H2,(H,23,25)/t15-/m1/s1. The van der Waals surface area contributed by atoms with Crippen LogP contribution in [0.25, 0.3) is 0 Å². The van der Waals surface area contributed by atoms with Crippen molar-refractivity contribution >= 4 is 23.2 Å². The van der Waals surface area contributed by atoms with Crippen molar-refractivity contribution in [3.05, 3.63) is 57.0 Å². The highest BCUT2D eigenvalue weighted by atomic mass is 32.1. The number of carbonyl (C=O) groups excluding carboxylic acids is 2. The quantitative estimate of drug-likeness (QED) is 0.856. The minimum Gasteiger partial charge on any atom is -0.378 e. The molecule has 0 bridgehead atoms. The molecule has 0 radical (unpaired) electrons. The highest BCUT2D eigenvalue weighted by molar-refractivity contribution is 7.14. The van der Waals surface area contributed by atoms with Crippen molar-refractivity contribution in [2.75, 3.05) is 26.3 Å². The number of ether oxygens (including phenoxy) is 1. The lowest BCUT2D eigenvalue weighted by Crippen LogP contribution is -2.40. The van der Waals surface area contributed by atoms with Crippen LogP contribution in [0.15, 0.2) is 30.3 Å². The summed E-state index contributed by atoms with van der Waals surface area (Å²) in [6.45, 7) is 2.76. The number of hydrogen-bond acceptors (Lipinski definition) is 4. The Kier molecular flexibility index (Phi) is 5.73. The highest BCUT2D eigenvalue weighted by Gasteiger charge is 2.28. The van der Waals surface area contributed by atoms with Crippen molar-refractivity contribution in [3.63, 3.8) is 0 Å². The molecule has 1 aliphatic heterocycles. The van der Waals surface area contributed by atoms with Crippen LogP contribution in [-0.2, 0) is 28.9 Å². The summed E-state index contributed by atoms with van der Waals surface area (Å²) in [7, 11) is 0. The number of hydrogen-bond donors (Lipinski definition) is 1.